The first-order valence-corrected chi connectivity index (χ1v) is 10.7. The van der Waals surface area contributed by atoms with E-state index in [4.69, 9.17) is 0 Å². The Morgan fingerprint density at radius 2 is 1.71 bits per heavy atom. The Labute approximate surface area is 185 Å². The Kier molecular flexibility index (Phi) is 6.50. The molecule has 0 bridgehead atoms. The minimum atomic E-state index is -1.24. The number of nitrogens with one attached hydrogen (secondary N) is 1. The lowest BCUT2D eigenvalue weighted by Gasteiger charge is -2.35. The molecule has 3 rings (SSSR count). The fourth-order valence-electron chi connectivity index (χ4n) is 3.45. The molecule has 2 amide bonds. The van der Waals surface area contributed by atoms with Crippen LogP contribution < -0.4 is 10.2 Å². The summed E-state index contributed by atoms with van der Waals surface area (Å²) in [4.78, 5) is 28.5. The molecule has 0 unspecified atom stereocenters. The van der Waals surface area contributed by atoms with Gasteiger partial charge in [-0.3, -0.25) is 14.5 Å². The first-order chi connectivity index (χ1) is 14.6. The van der Waals surface area contributed by atoms with Crippen LogP contribution in [-0.4, -0.2) is 26.9 Å². The second kappa shape index (κ2) is 8.93. The number of hydrogen-bond acceptors (Lipinski definition) is 5. The zero-order valence-corrected chi connectivity index (χ0v) is 19.0. The maximum absolute atomic E-state index is 15.0. The Hall–Kier alpha value is -3.13. The van der Waals surface area contributed by atoms with Crippen molar-refractivity contribution in [2.45, 2.75) is 46.2 Å². The van der Waals surface area contributed by atoms with Crippen LogP contribution in [0.2, 0.25) is 0 Å². The van der Waals surface area contributed by atoms with Crippen molar-refractivity contribution in [1.29, 1.82) is 0 Å². The van der Waals surface area contributed by atoms with E-state index in [0.717, 1.165) is 22.7 Å². The van der Waals surface area contributed by atoms with E-state index in [1.807, 2.05) is 52.8 Å². The second-order valence-electron chi connectivity index (χ2n) is 8.37. The van der Waals surface area contributed by atoms with Crippen molar-refractivity contribution in [3.63, 3.8) is 0 Å². The van der Waals surface area contributed by atoms with Crippen LogP contribution >= 0.6 is 11.5 Å². The van der Waals surface area contributed by atoms with E-state index in [1.54, 1.807) is 12.1 Å². The summed E-state index contributed by atoms with van der Waals surface area (Å²) in [7, 11) is 0. The largest absolute Gasteiger partial charge is 0.349 e. The van der Waals surface area contributed by atoms with Crippen molar-refractivity contribution < 1.29 is 14.0 Å². The summed E-state index contributed by atoms with van der Waals surface area (Å²) in [5.41, 5.74) is 1.71. The van der Waals surface area contributed by atoms with Gasteiger partial charge in [0.2, 0.25) is 5.91 Å². The second-order valence-corrected chi connectivity index (χ2v) is 8.98. The number of hydrogen-bond donors (Lipinski definition) is 1. The Bertz CT molecular complexity index is 1070. The van der Waals surface area contributed by atoms with Crippen LogP contribution in [0.15, 0.2) is 47.8 Å². The minimum absolute atomic E-state index is 0.0950. The topological polar surface area (TPSA) is 75.2 Å². The lowest BCUT2D eigenvalue weighted by atomic mass is 9.98. The molecule has 2 aromatic carbocycles. The number of anilines is 1. The van der Waals surface area contributed by atoms with Gasteiger partial charge in [0.05, 0.1) is 5.69 Å². The van der Waals surface area contributed by atoms with Gasteiger partial charge in [-0.05, 0) is 63.3 Å². The molecule has 0 fully saturated rings. The van der Waals surface area contributed by atoms with E-state index in [9.17, 15) is 14.0 Å². The maximum atomic E-state index is 15.0. The number of carbonyl (C=O) groups excluding carboxylic acids is 2. The summed E-state index contributed by atoms with van der Waals surface area (Å²) in [6.45, 7) is 9.19. The van der Waals surface area contributed by atoms with Gasteiger partial charge >= 0.3 is 0 Å². The van der Waals surface area contributed by atoms with Crippen LogP contribution in [0.5, 0.6) is 0 Å². The molecule has 0 spiro atoms. The van der Waals surface area contributed by atoms with Crippen LogP contribution in [0.25, 0.3) is 0 Å². The number of para-hydroxylation sites is 1. The number of aromatic nitrogens is 2. The van der Waals surface area contributed by atoms with E-state index in [2.05, 4.69) is 14.9 Å². The SMILES string of the molecule is Cc1cccc(C)c1N(C(=O)c1csnn1)[C@@H](C(=O)NC(C)(C)C)c1ccccc1F. The maximum Gasteiger partial charge on any atom is 0.280 e. The van der Waals surface area contributed by atoms with Gasteiger partial charge < -0.3 is 5.32 Å². The quantitative estimate of drug-likeness (QED) is 0.629. The average molecular weight is 441 g/mol. The highest BCUT2D eigenvalue weighted by Gasteiger charge is 2.38. The summed E-state index contributed by atoms with van der Waals surface area (Å²) in [6.07, 6.45) is 0. The van der Waals surface area contributed by atoms with Crippen LogP contribution in [0.1, 0.15) is 54.0 Å². The Morgan fingerprint density at radius 1 is 1.06 bits per heavy atom. The van der Waals surface area contributed by atoms with E-state index in [1.165, 1.54) is 22.4 Å². The predicted molar refractivity (Wildman–Crippen MR) is 120 cm³/mol. The Balaban J connectivity index is 2.28. The average Bonchev–Trinajstić information content (AvgIpc) is 3.21. The molecule has 0 saturated heterocycles. The third-order valence-electron chi connectivity index (χ3n) is 4.68. The van der Waals surface area contributed by atoms with Gasteiger partial charge in [-0.25, -0.2) is 4.39 Å². The minimum Gasteiger partial charge on any atom is -0.349 e. The van der Waals surface area contributed by atoms with Crippen molar-refractivity contribution in [3.8, 4) is 0 Å². The van der Waals surface area contributed by atoms with Crippen molar-refractivity contribution in [2.24, 2.45) is 0 Å². The fourth-order valence-corrected chi connectivity index (χ4v) is 3.88. The third kappa shape index (κ3) is 4.96. The lowest BCUT2D eigenvalue weighted by Crippen LogP contribution is -2.50. The molecule has 31 heavy (non-hydrogen) atoms. The van der Waals surface area contributed by atoms with Crippen LogP contribution in [0.4, 0.5) is 10.1 Å². The number of halogens is 1. The molecule has 6 nitrogen and oxygen atoms in total. The molecule has 1 aromatic heterocycles. The molecule has 162 valence electrons. The normalized spacial score (nSPS) is 12.3. The Morgan fingerprint density at radius 3 is 2.26 bits per heavy atom. The van der Waals surface area contributed by atoms with Crippen LogP contribution in [0.3, 0.4) is 0 Å². The van der Waals surface area contributed by atoms with Crippen LogP contribution in [0, 0.1) is 19.7 Å². The summed E-state index contributed by atoms with van der Waals surface area (Å²) in [5.74, 6) is -1.59. The van der Waals surface area contributed by atoms with Gasteiger partial charge in [-0.1, -0.05) is 40.9 Å². The first-order valence-electron chi connectivity index (χ1n) is 9.83. The molecular weight excluding hydrogens is 415 g/mol. The van der Waals surface area contributed by atoms with Crippen molar-refractivity contribution >= 4 is 29.0 Å². The molecular formula is C23H25FN4O2S. The molecule has 3 aromatic rings. The smallest absolute Gasteiger partial charge is 0.280 e. The summed E-state index contributed by atoms with van der Waals surface area (Å²) in [6, 6.07) is 10.3. The first kappa shape index (κ1) is 22.6. The monoisotopic (exact) mass is 440 g/mol. The highest BCUT2D eigenvalue weighted by Crippen LogP contribution is 2.35. The highest BCUT2D eigenvalue weighted by molar-refractivity contribution is 7.03. The fraction of sp³-hybridized carbons (Fsp3) is 0.304. The van der Waals surface area contributed by atoms with Gasteiger partial charge in [0.1, 0.15) is 11.9 Å². The van der Waals surface area contributed by atoms with Crippen molar-refractivity contribution in [2.75, 3.05) is 4.90 Å². The third-order valence-corrected chi connectivity index (χ3v) is 5.19. The number of amides is 2. The number of nitrogens with zero attached hydrogens (tertiary/aromatic N) is 3. The van der Waals surface area contributed by atoms with E-state index < -0.39 is 29.2 Å². The molecule has 1 N–H and O–H groups in total. The van der Waals surface area contributed by atoms with Gasteiger partial charge in [0.25, 0.3) is 5.91 Å². The molecule has 8 heteroatoms. The van der Waals surface area contributed by atoms with Gasteiger partial charge in [-0.15, -0.1) is 5.10 Å². The zero-order valence-electron chi connectivity index (χ0n) is 18.1. The number of aryl methyl sites for hydroxylation is 2. The number of benzene rings is 2. The van der Waals surface area contributed by atoms with E-state index in [0.29, 0.717) is 5.69 Å². The van der Waals surface area contributed by atoms with Gasteiger partial charge in [0, 0.05) is 16.5 Å². The molecule has 1 heterocycles. The molecule has 0 aliphatic heterocycles. The van der Waals surface area contributed by atoms with Gasteiger partial charge in [-0.2, -0.15) is 0 Å². The molecule has 1 atom stereocenters. The summed E-state index contributed by atoms with van der Waals surface area (Å²) >= 11 is 1.03. The number of rotatable bonds is 5. The molecule has 0 aliphatic rings. The molecule has 0 radical (unpaired) electrons. The van der Waals surface area contributed by atoms with Crippen LogP contribution in [-0.2, 0) is 4.79 Å². The number of carbonyl (C=O) groups is 2. The summed E-state index contributed by atoms with van der Waals surface area (Å²) in [5, 5.41) is 8.32. The van der Waals surface area contributed by atoms with E-state index in [-0.39, 0.29) is 11.3 Å². The molecule has 0 aliphatic carbocycles. The lowest BCUT2D eigenvalue weighted by molar-refractivity contribution is -0.124. The summed E-state index contributed by atoms with van der Waals surface area (Å²) < 4.78 is 18.8. The van der Waals surface area contributed by atoms with E-state index >= 15 is 0 Å². The predicted octanol–water partition coefficient (Wildman–Crippen LogP) is 4.60. The standard InChI is InChI=1S/C23H25FN4O2S/c1-14-9-8-10-15(2)19(14)28(22(30)18-13-31-27-26-18)20(21(29)25-23(3,4)5)16-11-6-7-12-17(16)24/h6-13,20H,1-5H3,(H,25,29)/t20-/m1/s1. The van der Waals surface area contributed by atoms with Crippen molar-refractivity contribution in [1.82, 2.24) is 14.9 Å². The van der Waals surface area contributed by atoms with Gasteiger partial charge in [0.15, 0.2) is 5.69 Å². The zero-order chi connectivity index (χ0) is 22.8. The highest BCUT2D eigenvalue weighted by atomic mass is 32.1. The molecule has 0 saturated carbocycles. The van der Waals surface area contributed by atoms with Crippen molar-refractivity contribution in [3.05, 3.63) is 76.0 Å².